The van der Waals surface area contributed by atoms with Crippen LogP contribution in [0.2, 0.25) is 0 Å². The number of carbonyl (C=O) groups excluding carboxylic acids is 1. The number of benzene rings is 1. The summed E-state index contributed by atoms with van der Waals surface area (Å²) >= 11 is 0. The second-order valence-corrected chi connectivity index (χ2v) is 6.64. The highest BCUT2D eigenvalue weighted by Crippen LogP contribution is 2.48. The zero-order valence-corrected chi connectivity index (χ0v) is 13.5. The summed E-state index contributed by atoms with van der Waals surface area (Å²) < 4.78 is 19.6. The van der Waals surface area contributed by atoms with E-state index in [0.717, 1.165) is 0 Å². The number of amides is 1. The van der Waals surface area contributed by atoms with Gasteiger partial charge in [0.1, 0.15) is 11.6 Å². The highest BCUT2D eigenvalue weighted by atomic mass is 19.1. The van der Waals surface area contributed by atoms with Crippen LogP contribution < -0.4 is 10.1 Å². The second-order valence-electron chi connectivity index (χ2n) is 6.64. The Balaban J connectivity index is 1.75. The quantitative estimate of drug-likeness (QED) is 0.812. The lowest BCUT2D eigenvalue weighted by Crippen LogP contribution is -2.36. The number of ether oxygens (including phenoxy) is 1. The number of halogens is 1. The molecule has 1 fully saturated rings. The maximum absolute atomic E-state index is 14.2. The summed E-state index contributed by atoms with van der Waals surface area (Å²) in [5.74, 6) is -3.27. The van der Waals surface area contributed by atoms with Crippen molar-refractivity contribution in [1.82, 2.24) is 0 Å². The zero-order chi connectivity index (χ0) is 17.4. The van der Waals surface area contributed by atoms with Gasteiger partial charge in [0, 0.05) is 6.07 Å². The van der Waals surface area contributed by atoms with Crippen molar-refractivity contribution < 1.29 is 23.8 Å². The van der Waals surface area contributed by atoms with Crippen molar-refractivity contribution in [2.75, 3.05) is 5.32 Å². The Labute approximate surface area is 139 Å². The molecule has 2 N–H and O–H groups in total. The molecule has 24 heavy (non-hydrogen) atoms. The zero-order valence-electron chi connectivity index (χ0n) is 13.5. The molecule has 2 bridgehead atoms. The Bertz CT molecular complexity index is 700. The first-order valence-corrected chi connectivity index (χ1v) is 8.05. The molecular formula is C18H20FNO4. The Morgan fingerprint density at radius 2 is 1.92 bits per heavy atom. The molecule has 4 unspecified atom stereocenters. The third-order valence-corrected chi connectivity index (χ3v) is 4.62. The van der Waals surface area contributed by atoms with Gasteiger partial charge in [-0.1, -0.05) is 12.2 Å². The van der Waals surface area contributed by atoms with Gasteiger partial charge in [-0.15, -0.1) is 0 Å². The smallest absolute Gasteiger partial charge is 0.307 e. The number of nitrogens with one attached hydrogen (secondary N) is 1. The Kier molecular flexibility index (Phi) is 4.30. The van der Waals surface area contributed by atoms with Crippen LogP contribution in [0.25, 0.3) is 0 Å². The van der Waals surface area contributed by atoms with Crippen LogP contribution in [0.3, 0.4) is 0 Å². The van der Waals surface area contributed by atoms with Gasteiger partial charge in [0.05, 0.1) is 23.6 Å². The first-order valence-electron chi connectivity index (χ1n) is 8.05. The summed E-state index contributed by atoms with van der Waals surface area (Å²) in [5.41, 5.74) is 0.0343. The van der Waals surface area contributed by atoms with E-state index in [1.54, 1.807) is 6.07 Å². The monoisotopic (exact) mass is 333 g/mol. The molecule has 0 aromatic heterocycles. The van der Waals surface area contributed by atoms with Crippen molar-refractivity contribution in [2.24, 2.45) is 23.7 Å². The summed E-state index contributed by atoms with van der Waals surface area (Å²) in [6, 6.07) is 4.23. The molecule has 1 amide bonds. The maximum Gasteiger partial charge on any atom is 0.307 e. The second kappa shape index (κ2) is 6.26. The van der Waals surface area contributed by atoms with Gasteiger partial charge in [0.25, 0.3) is 0 Å². The van der Waals surface area contributed by atoms with Crippen molar-refractivity contribution in [3.05, 3.63) is 36.2 Å². The predicted octanol–water partition coefficient (Wildman–Crippen LogP) is 3.07. The summed E-state index contributed by atoms with van der Waals surface area (Å²) in [6.07, 6.45) is 4.34. The van der Waals surface area contributed by atoms with Gasteiger partial charge >= 0.3 is 5.97 Å². The molecule has 2 aliphatic carbocycles. The molecule has 0 heterocycles. The molecule has 0 radical (unpaired) electrons. The molecule has 0 spiro atoms. The van der Waals surface area contributed by atoms with Crippen LogP contribution in [-0.4, -0.2) is 23.1 Å². The number of fused-ring (bicyclic) bond motifs is 2. The predicted molar refractivity (Wildman–Crippen MR) is 86.1 cm³/mol. The lowest BCUT2D eigenvalue weighted by atomic mass is 9.82. The van der Waals surface area contributed by atoms with Gasteiger partial charge in [-0.2, -0.15) is 0 Å². The Morgan fingerprint density at radius 1 is 1.25 bits per heavy atom. The van der Waals surface area contributed by atoms with Crippen LogP contribution >= 0.6 is 0 Å². The first kappa shape index (κ1) is 16.5. The molecule has 0 aliphatic heterocycles. The van der Waals surface area contributed by atoms with Crippen molar-refractivity contribution in [1.29, 1.82) is 0 Å². The van der Waals surface area contributed by atoms with Gasteiger partial charge in [0.15, 0.2) is 0 Å². The standard InChI is InChI=1S/C18H20FNO4/c1-9(2)24-12-5-6-14(13(19)8-12)20-17(21)15-10-3-4-11(7-10)16(15)18(22)23/h3-6,8-11,15-16H,7H2,1-2H3,(H,20,21)(H,22,23). The van der Waals surface area contributed by atoms with E-state index in [1.807, 2.05) is 26.0 Å². The van der Waals surface area contributed by atoms with E-state index in [0.29, 0.717) is 12.2 Å². The van der Waals surface area contributed by atoms with Crippen LogP contribution in [0, 0.1) is 29.5 Å². The SMILES string of the molecule is CC(C)Oc1ccc(NC(=O)C2C3C=CC(C3)C2C(=O)O)c(F)c1. The summed E-state index contributed by atoms with van der Waals surface area (Å²) in [7, 11) is 0. The van der Waals surface area contributed by atoms with Gasteiger partial charge < -0.3 is 15.2 Å². The molecule has 0 saturated heterocycles. The molecule has 1 aromatic rings. The molecule has 5 nitrogen and oxygen atoms in total. The van der Waals surface area contributed by atoms with Crippen LogP contribution in [0.1, 0.15) is 20.3 Å². The number of hydrogen-bond donors (Lipinski definition) is 2. The lowest BCUT2D eigenvalue weighted by Gasteiger charge is -2.24. The van der Waals surface area contributed by atoms with Gasteiger partial charge in [-0.25, -0.2) is 4.39 Å². The van der Waals surface area contributed by atoms with E-state index in [2.05, 4.69) is 5.32 Å². The maximum atomic E-state index is 14.2. The van der Waals surface area contributed by atoms with E-state index in [1.165, 1.54) is 12.1 Å². The molecule has 128 valence electrons. The van der Waals surface area contributed by atoms with Crippen LogP contribution in [0.15, 0.2) is 30.4 Å². The van der Waals surface area contributed by atoms with Gasteiger partial charge in [-0.3, -0.25) is 9.59 Å². The van der Waals surface area contributed by atoms with Gasteiger partial charge in [-0.05, 0) is 44.2 Å². The van der Waals surface area contributed by atoms with Crippen LogP contribution in [0.5, 0.6) is 5.75 Å². The average Bonchev–Trinajstić information content (AvgIpc) is 3.10. The normalized spacial score (nSPS) is 27.5. The molecule has 2 aliphatic rings. The molecule has 1 aromatic carbocycles. The van der Waals surface area contributed by atoms with Crippen molar-refractivity contribution in [3.8, 4) is 5.75 Å². The minimum atomic E-state index is -0.979. The number of allylic oxidation sites excluding steroid dienone is 2. The molecule has 3 rings (SSSR count). The first-order chi connectivity index (χ1) is 11.4. The van der Waals surface area contributed by atoms with Crippen LogP contribution in [0.4, 0.5) is 10.1 Å². The van der Waals surface area contributed by atoms with E-state index in [-0.39, 0.29) is 23.6 Å². The summed E-state index contributed by atoms with van der Waals surface area (Å²) in [6.45, 7) is 3.67. The fourth-order valence-corrected chi connectivity index (χ4v) is 3.68. The number of carboxylic acids is 1. The Morgan fingerprint density at radius 3 is 2.50 bits per heavy atom. The van der Waals surface area contributed by atoms with Crippen molar-refractivity contribution in [3.63, 3.8) is 0 Å². The number of aliphatic carboxylic acids is 1. The highest BCUT2D eigenvalue weighted by molar-refractivity contribution is 5.96. The number of rotatable bonds is 5. The minimum absolute atomic E-state index is 0.0343. The van der Waals surface area contributed by atoms with Gasteiger partial charge in [0.2, 0.25) is 5.91 Å². The fraction of sp³-hybridized carbons (Fsp3) is 0.444. The van der Waals surface area contributed by atoms with Crippen molar-refractivity contribution >= 4 is 17.6 Å². The van der Waals surface area contributed by atoms with Crippen molar-refractivity contribution in [2.45, 2.75) is 26.4 Å². The van der Waals surface area contributed by atoms with E-state index < -0.39 is 29.5 Å². The molecule has 6 heteroatoms. The van der Waals surface area contributed by atoms with E-state index in [4.69, 9.17) is 4.74 Å². The van der Waals surface area contributed by atoms with E-state index >= 15 is 0 Å². The summed E-state index contributed by atoms with van der Waals surface area (Å²) in [5, 5.41) is 11.9. The van der Waals surface area contributed by atoms with E-state index in [9.17, 15) is 19.1 Å². The van der Waals surface area contributed by atoms with Crippen LogP contribution in [-0.2, 0) is 9.59 Å². The highest BCUT2D eigenvalue weighted by Gasteiger charge is 2.51. The average molecular weight is 333 g/mol. The number of hydrogen-bond acceptors (Lipinski definition) is 3. The largest absolute Gasteiger partial charge is 0.491 e. The third-order valence-electron chi connectivity index (χ3n) is 4.62. The molecule has 4 atom stereocenters. The Hall–Kier alpha value is -2.37. The number of carboxylic acid groups (broad SMARTS) is 1. The molecule has 1 saturated carbocycles. The topological polar surface area (TPSA) is 75.6 Å². The number of anilines is 1. The molecular weight excluding hydrogens is 313 g/mol. The third kappa shape index (κ3) is 3.00. The lowest BCUT2D eigenvalue weighted by molar-refractivity contribution is -0.146. The fourth-order valence-electron chi connectivity index (χ4n) is 3.68. The minimum Gasteiger partial charge on any atom is -0.491 e. The number of carbonyl (C=O) groups is 2. The summed E-state index contributed by atoms with van der Waals surface area (Å²) in [4.78, 5) is 24.0.